The standard InChI is InChI=1S/C19H22N8O3S/c1-10-8-15(31-27-10)26-18-16(17(20)28)21-9-14(25-18)23-11-2-4-12(5-3-11)24-19(29)13-6-7-22-30-13/h6-9,11-12H,2-5H2,1H3,(H2,20,28)(H,24,29)(H2,23,25,26). The number of primary amides is 1. The summed E-state index contributed by atoms with van der Waals surface area (Å²) < 4.78 is 9.09. The highest BCUT2D eigenvalue weighted by molar-refractivity contribution is 7.10. The normalized spacial score (nSPS) is 18.4. The number of carbonyl (C=O) groups is 2. The summed E-state index contributed by atoms with van der Waals surface area (Å²) in [5.74, 6) is 0.125. The third kappa shape index (κ3) is 5.15. The van der Waals surface area contributed by atoms with E-state index in [1.54, 1.807) is 0 Å². The summed E-state index contributed by atoms with van der Waals surface area (Å²) in [6.07, 6.45) is 6.26. The number of hydrogen-bond donors (Lipinski definition) is 4. The molecule has 1 aliphatic rings. The van der Waals surface area contributed by atoms with E-state index >= 15 is 0 Å². The van der Waals surface area contributed by atoms with E-state index in [4.69, 9.17) is 10.3 Å². The Balaban J connectivity index is 1.36. The Morgan fingerprint density at radius 2 is 2.00 bits per heavy atom. The second-order valence-electron chi connectivity index (χ2n) is 7.32. The number of nitrogens with one attached hydrogen (secondary N) is 3. The number of aryl methyl sites for hydroxylation is 1. The van der Waals surface area contributed by atoms with Crippen molar-refractivity contribution in [1.29, 1.82) is 0 Å². The first-order chi connectivity index (χ1) is 15.0. The maximum atomic E-state index is 12.1. The Hall–Kier alpha value is -3.54. The van der Waals surface area contributed by atoms with Crippen LogP contribution in [0, 0.1) is 6.92 Å². The van der Waals surface area contributed by atoms with Crippen LogP contribution in [0.4, 0.5) is 16.6 Å². The molecule has 0 aliphatic heterocycles. The molecule has 1 aliphatic carbocycles. The van der Waals surface area contributed by atoms with E-state index in [0.29, 0.717) is 5.82 Å². The van der Waals surface area contributed by atoms with E-state index in [2.05, 4.69) is 35.4 Å². The lowest BCUT2D eigenvalue weighted by Crippen LogP contribution is -2.40. The number of carbonyl (C=O) groups excluding carboxylic acids is 2. The number of hydrogen-bond acceptors (Lipinski definition) is 10. The van der Waals surface area contributed by atoms with Crippen LogP contribution in [-0.2, 0) is 0 Å². The highest BCUT2D eigenvalue weighted by atomic mass is 32.1. The molecule has 2 amide bonds. The molecular formula is C19H22N8O3S. The largest absolute Gasteiger partial charge is 0.366 e. The Morgan fingerprint density at radius 1 is 1.23 bits per heavy atom. The maximum absolute atomic E-state index is 12.1. The van der Waals surface area contributed by atoms with E-state index in [0.717, 1.165) is 36.4 Å². The van der Waals surface area contributed by atoms with Gasteiger partial charge in [-0.3, -0.25) is 9.59 Å². The number of aromatic nitrogens is 4. The predicted octanol–water partition coefficient (Wildman–Crippen LogP) is 2.23. The molecule has 0 spiro atoms. The first-order valence-electron chi connectivity index (χ1n) is 9.83. The Morgan fingerprint density at radius 3 is 2.65 bits per heavy atom. The molecule has 11 nitrogen and oxygen atoms in total. The zero-order valence-corrected chi connectivity index (χ0v) is 17.6. The minimum Gasteiger partial charge on any atom is -0.366 e. The van der Waals surface area contributed by atoms with Gasteiger partial charge in [0.25, 0.3) is 11.8 Å². The SMILES string of the molecule is Cc1cc(Nc2nc(NC3CCC(NC(=O)c4ccno4)CC3)cnc2C(N)=O)sn1. The molecule has 31 heavy (non-hydrogen) atoms. The molecule has 0 bridgehead atoms. The third-order valence-electron chi connectivity index (χ3n) is 4.95. The van der Waals surface area contributed by atoms with Gasteiger partial charge in [0.05, 0.1) is 18.1 Å². The lowest BCUT2D eigenvalue weighted by Gasteiger charge is -2.29. The van der Waals surface area contributed by atoms with Crippen LogP contribution in [-0.4, -0.2) is 43.4 Å². The molecule has 162 valence electrons. The first-order valence-corrected chi connectivity index (χ1v) is 10.6. The molecule has 0 saturated heterocycles. The van der Waals surface area contributed by atoms with Crippen molar-refractivity contribution < 1.29 is 14.1 Å². The average molecular weight is 443 g/mol. The number of amides is 2. The average Bonchev–Trinajstić information content (AvgIpc) is 3.41. The Kier molecular flexibility index (Phi) is 6.07. The van der Waals surface area contributed by atoms with Crippen LogP contribution in [0.5, 0.6) is 0 Å². The van der Waals surface area contributed by atoms with E-state index in [1.165, 1.54) is 30.0 Å². The second kappa shape index (κ2) is 9.08. The van der Waals surface area contributed by atoms with Crippen LogP contribution in [0.1, 0.15) is 52.4 Å². The minimum absolute atomic E-state index is 0.0652. The van der Waals surface area contributed by atoms with Gasteiger partial charge in [-0.15, -0.1) is 0 Å². The maximum Gasteiger partial charge on any atom is 0.290 e. The molecule has 0 radical (unpaired) electrons. The molecule has 5 N–H and O–H groups in total. The van der Waals surface area contributed by atoms with Gasteiger partial charge >= 0.3 is 0 Å². The van der Waals surface area contributed by atoms with Crippen molar-refractivity contribution in [1.82, 2.24) is 24.8 Å². The van der Waals surface area contributed by atoms with Gasteiger partial charge in [-0.2, -0.15) is 4.37 Å². The zero-order chi connectivity index (χ0) is 21.8. The summed E-state index contributed by atoms with van der Waals surface area (Å²) in [6, 6.07) is 3.64. The fraction of sp³-hybridized carbons (Fsp3) is 0.368. The lowest BCUT2D eigenvalue weighted by molar-refractivity contribution is 0.0888. The van der Waals surface area contributed by atoms with Gasteiger partial charge in [0.15, 0.2) is 11.5 Å². The topological polar surface area (TPSA) is 161 Å². The van der Waals surface area contributed by atoms with E-state index in [-0.39, 0.29) is 35.3 Å². The van der Waals surface area contributed by atoms with E-state index < -0.39 is 5.91 Å². The summed E-state index contributed by atoms with van der Waals surface area (Å²) in [5, 5.41) is 13.7. The number of nitrogens with two attached hydrogens (primary N) is 1. The van der Waals surface area contributed by atoms with Crippen molar-refractivity contribution in [3.8, 4) is 0 Å². The molecule has 1 fully saturated rings. The Labute approximate surface area is 182 Å². The summed E-state index contributed by atoms with van der Waals surface area (Å²) in [7, 11) is 0. The number of anilines is 3. The van der Waals surface area contributed by atoms with Crippen molar-refractivity contribution in [3.05, 3.63) is 41.7 Å². The van der Waals surface area contributed by atoms with Crippen LogP contribution in [0.15, 0.2) is 29.0 Å². The molecule has 0 unspecified atom stereocenters. The highest BCUT2D eigenvalue weighted by Crippen LogP contribution is 2.25. The molecule has 3 aromatic heterocycles. The van der Waals surface area contributed by atoms with Gasteiger partial charge in [0, 0.05) is 18.2 Å². The highest BCUT2D eigenvalue weighted by Gasteiger charge is 2.24. The summed E-state index contributed by atoms with van der Waals surface area (Å²) in [4.78, 5) is 32.5. The van der Waals surface area contributed by atoms with Crippen molar-refractivity contribution in [2.24, 2.45) is 5.73 Å². The fourth-order valence-electron chi connectivity index (χ4n) is 3.45. The van der Waals surface area contributed by atoms with Gasteiger partial charge in [-0.05, 0) is 50.2 Å². The molecule has 3 heterocycles. The van der Waals surface area contributed by atoms with Crippen molar-refractivity contribution >= 4 is 40.0 Å². The fourth-order valence-corrected chi connectivity index (χ4v) is 4.11. The van der Waals surface area contributed by atoms with Crippen LogP contribution in [0.2, 0.25) is 0 Å². The van der Waals surface area contributed by atoms with Gasteiger partial charge in [0.2, 0.25) is 5.76 Å². The minimum atomic E-state index is -0.661. The zero-order valence-electron chi connectivity index (χ0n) is 16.8. The third-order valence-corrected chi connectivity index (χ3v) is 5.75. The van der Waals surface area contributed by atoms with Gasteiger partial charge in [-0.1, -0.05) is 5.16 Å². The van der Waals surface area contributed by atoms with Gasteiger partial charge in [-0.25, -0.2) is 9.97 Å². The number of rotatable bonds is 7. The van der Waals surface area contributed by atoms with E-state index in [9.17, 15) is 9.59 Å². The van der Waals surface area contributed by atoms with Crippen LogP contribution >= 0.6 is 11.5 Å². The van der Waals surface area contributed by atoms with Crippen LogP contribution < -0.4 is 21.7 Å². The number of nitrogens with zero attached hydrogens (tertiary/aromatic N) is 4. The van der Waals surface area contributed by atoms with Crippen molar-refractivity contribution in [2.75, 3.05) is 10.6 Å². The molecule has 3 aromatic rings. The predicted molar refractivity (Wildman–Crippen MR) is 114 cm³/mol. The van der Waals surface area contributed by atoms with Crippen molar-refractivity contribution in [2.45, 2.75) is 44.7 Å². The monoisotopic (exact) mass is 442 g/mol. The molecular weight excluding hydrogens is 420 g/mol. The molecule has 1 saturated carbocycles. The molecule has 4 rings (SSSR count). The quantitative estimate of drug-likeness (QED) is 0.430. The summed E-state index contributed by atoms with van der Waals surface area (Å²) in [5.41, 5.74) is 6.37. The van der Waals surface area contributed by atoms with Crippen LogP contribution in [0.3, 0.4) is 0 Å². The lowest BCUT2D eigenvalue weighted by atomic mass is 9.91. The summed E-state index contributed by atoms with van der Waals surface area (Å²) in [6.45, 7) is 1.88. The molecule has 0 atom stereocenters. The summed E-state index contributed by atoms with van der Waals surface area (Å²) >= 11 is 1.26. The van der Waals surface area contributed by atoms with Crippen LogP contribution in [0.25, 0.3) is 0 Å². The molecule has 0 aromatic carbocycles. The first kappa shape index (κ1) is 20.7. The second-order valence-corrected chi connectivity index (χ2v) is 8.12. The Bertz CT molecular complexity index is 1060. The van der Waals surface area contributed by atoms with Gasteiger partial charge in [0.1, 0.15) is 10.8 Å². The molecule has 12 heteroatoms. The van der Waals surface area contributed by atoms with Crippen molar-refractivity contribution in [3.63, 3.8) is 0 Å². The van der Waals surface area contributed by atoms with E-state index in [1.807, 2.05) is 13.0 Å². The van der Waals surface area contributed by atoms with Gasteiger partial charge < -0.3 is 26.2 Å². The smallest absolute Gasteiger partial charge is 0.290 e.